The molecule has 0 rings (SSSR count). The van der Waals surface area contributed by atoms with Crippen molar-refractivity contribution in [2.45, 2.75) is 24.4 Å². The van der Waals surface area contributed by atoms with Crippen LogP contribution in [-0.4, -0.2) is 14.0 Å². The standard InChI is InChI=1S/C6H10Cl2Si/c1-5(2)3-4-9-6(7)8/h3,6H,4H2,1-2H3. The Labute approximate surface area is 69.1 Å². The summed E-state index contributed by atoms with van der Waals surface area (Å²) in [5.74, 6) is 0. The molecule has 0 aromatic rings. The number of alkyl halides is 2. The van der Waals surface area contributed by atoms with Crippen LogP contribution < -0.4 is 0 Å². The average Bonchev–Trinajstić information content (AvgIpc) is 1.63. The molecule has 0 amide bonds. The van der Waals surface area contributed by atoms with Gasteiger partial charge < -0.3 is 0 Å². The van der Waals surface area contributed by atoms with Gasteiger partial charge in [-0.05, 0) is 19.9 Å². The van der Waals surface area contributed by atoms with Crippen LogP contribution in [0.4, 0.5) is 0 Å². The summed E-state index contributed by atoms with van der Waals surface area (Å²) in [6.07, 6.45) is 2.15. The average molecular weight is 181 g/mol. The van der Waals surface area contributed by atoms with Crippen LogP contribution in [0.25, 0.3) is 0 Å². The van der Waals surface area contributed by atoms with Gasteiger partial charge in [0.05, 0.1) is 14.0 Å². The first-order valence-electron chi connectivity index (χ1n) is 2.78. The fourth-order valence-electron chi connectivity index (χ4n) is 0.352. The second kappa shape index (κ2) is 5.33. The van der Waals surface area contributed by atoms with E-state index in [2.05, 4.69) is 19.9 Å². The number of hydrogen-bond donors (Lipinski definition) is 0. The van der Waals surface area contributed by atoms with Crippen molar-refractivity contribution in [2.75, 3.05) is 0 Å². The molecule has 0 nitrogen and oxygen atoms in total. The van der Waals surface area contributed by atoms with Crippen molar-refractivity contribution < 1.29 is 0 Å². The fourth-order valence-corrected chi connectivity index (χ4v) is 1.59. The van der Waals surface area contributed by atoms with Crippen molar-refractivity contribution >= 4 is 32.7 Å². The second-order valence-electron chi connectivity index (χ2n) is 1.99. The third-order valence-electron chi connectivity index (χ3n) is 0.782. The van der Waals surface area contributed by atoms with E-state index >= 15 is 0 Å². The molecule has 0 aromatic heterocycles. The fraction of sp³-hybridized carbons (Fsp3) is 0.667. The normalized spacial score (nSPS) is 9.89. The molecule has 0 N–H and O–H groups in total. The minimum absolute atomic E-state index is 0.180. The maximum atomic E-state index is 5.51. The van der Waals surface area contributed by atoms with Gasteiger partial charge in [0, 0.05) is 0 Å². The summed E-state index contributed by atoms with van der Waals surface area (Å²) in [5, 5.41) is 0. The molecule has 0 aliphatic carbocycles. The van der Waals surface area contributed by atoms with Gasteiger partial charge in [-0.1, -0.05) is 11.6 Å². The molecule has 0 spiro atoms. The highest BCUT2D eigenvalue weighted by molar-refractivity contribution is 6.68. The Morgan fingerprint density at radius 2 is 2.11 bits per heavy atom. The maximum absolute atomic E-state index is 5.51. The van der Waals surface area contributed by atoms with Gasteiger partial charge in [0.2, 0.25) is 0 Å². The Hall–Kier alpha value is 0.537. The summed E-state index contributed by atoms with van der Waals surface area (Å²) in [4.78, 5) is 0. The Bertz CT molecular complexity index is 95.2. The smallest absolute Gasteiger partial charge is 0.0932 e. The van der Waals surface area contributed by atoms with Crippen molar-refractivity contribution in [3.63, 3.8) is 0 Å². The highest BCUT2D eigenvalue weighted by Gasteiger charge is 1.96. The predicted molar refractivity (Wildman–Crippen MR) is 45.5 cm³/mol. The highest BCUT2D eigenvalue weighted by Crippen LogP contribution is 2.02. The van der Waals surface area contributed by atoms with Crippen molar-refractivity contribution in [1.82, 2.24) is 0 Å². The van der Waals surface area contributed by atoms with Gasteiger partial charge in [-0.15, -0.1) is 23.2 Å². The van der Waals surface area contributed by atoms with Crippen LogP contribution in [0, 0.1) is 0 Å². The van der Waals surface area contributed by atoms with E-state index in [0.717, 1.165) is 6.04 Å². The van der Waals surface area contributed by atoms with Crippen molar-refractivity contribution in [3.8, 4) is 0 Å². The van der Waals surface area contributed by atoms with E-state index in [4.69, 9.17) is 23.2 Å². The van der Waals surface area contributed by atoms with E-state index in [1.807, 2.05) is 0 Å². The molecular weight excluding hydrogens is 171 g/mol. The molecule has 0 aromatic carbocycles. The molecule has 0 saturated heterocycles. The van der Waals surface area contributed by atoms with Gasteiger partial charge in [-0.3, -0.25) is 0 Å². The van der Waals surface area contributed by atoms with Gasteiger partial charge in [0.15, 0.2) is 0 Å². The van der Waals surface area contributed by atoms with Crippen LogP contribution in [0.1, 0.15) is 13.8 Å². The SMILES string of the molecule is CC(C)=CC[Si]C(Cl)Cl. The third kappa shape index (κ3) is 8.54. The van der Waals surface area contributed by atoms with E-state index in [1.165, 1.54) is 5.57 Å². The van der Waals surface area contributed by atoms with Gasteiger partial charge in [-0.25, -0.2) is 0 Å². The number of hydrogen-bond acceptors (Lipinski definition) is 0. The Balaban J connectivity index is 3.20. The van der Waals surface area contributed by atoms with E-state index in [-0.39, 0.29) is 4.46 Å². The molecule has 0 fully saturated rings. The van der Waals surface area contributed by atoms with Crippen LogP contribution >= 0.6 is 23.2 Å². The molecule has 0 aliphatic rings. The van der Waals surface area contributed by atoms with E-state index in [1.54, 1.807) is 0 Å². The predicted octanol–water partition coefficient (Wildman–Crippen LogP) is 2.84. The number of rotatable bonds is 3. The number of allylic oxidation sites excluding steroid dienone is 2. The van der Waals surface area contributed by atoms with Crippen LogP contribution in [0.3, 0.4) is 0 Å². The topological polar surface area (TPSA) is 0 Å². The summed E-state index contributed by atoms with van der Waals surface area (Å²) in [7, 11) is 0.636. The van der Waals surface area contributed by atoms with E-state index in [0.29, 0.717) is 9.52 Å². The van der Waals surface area contributed by atoms with Gasteiger partial charge in [-0.2, -0.15) is 0 Å². The van der Waals surface area contributed by atoms with Crippen LogP contribution in [-0.2, 0) is 0 Å². The second-order valence-corrected chi connectivity index (χ2v) is 5.21. The first-order chi connectivity index (χ1) is 4.13. The van der Waals surface area contributed by atoms with Crippen LogP contribution in [0.5, 0.6) is 0 Å². The summed E-state index contributed by atoms with van der Waals surface area (Å²) >= 11 is 11.0. The zero-order valence-electron chi connectivity index (χ0n) is 5.62. The Morgan fingerprint density at radius 3 is 2.44 bits per heavy atom. The lowest BCUT2D eigenvalue weighted by molar-refractivity contribution is 1.36. The summed E-state index contributed by atoms with van der Waals surface area (Å²) in [5.41, 5.74) is 1.33. The lowest BCUT2D eigenvalue weighted by atomic mass is 10.3. The highest BCUT2D eigenvalue weighted by atomic mass is 35.5. The minimum Gasteiger partial charge on any atom is -0.110 e. The zero-order valence-corrected chi connectivity index (χ0v) is 8.13. The molecule has 52 valence electrons. The lowest BCUT2D eigenvalue weighted by Gasteiger charge is -1.93. The van der Waals surface area contributed by atoms with Crippen molar-refractivity contribution in [3.05, 3.63) is 11.6 Å². The summed E-state index contributed by atoms with van der Waals surface area (Å²) in [6.45, 7) is 4.14. The molecule has 0 unspecified atom stereocenters. The molecule has 0 heterocycles. The van der Waals surface area contributed by atoms with Gasteiger partial charge >= 0.3 is 0 Å². The molecule has 0 bridgehead atoms. The van der Waals surface area contributed by atoms with E-state index < -0.39 is 0 Å². The summed E-state index contributed by atoms with van der Waals surface area (Å²) < 4.78 is -0.180. The Morgan fingerprint density at radius 1 is 1.56 bits per heavy atom. The monoisotopic (exact) mass is 180 g/mol. The first kappa shape index (κ1) is 9.54. The van der Waals surface area contributed by atoms with Gasteiger partial charge in [0.25, 0.3) is 0 Å². The van der Waals surface area contributed by atoms with Crippen LogP contribution in [0.2, 0.25) is 6.04 Å². The molecule has 0 saturated carbocycles. The largest absolute Gasteiger partial charge is 0.110 e. The van der Waals surface area contributed by atoms with Crippen LogP contribution in [0.15, 0.2) is 11.6 Å². The molecule has 0 aliphatic heterocycles. The molecule has 0 atom stereocenters. The number of halogens is 2. The molecular formula is C6H10Cl2Si. The minimum atomic E-state index is -0.180. The third-order valence-corrected chi connectivity index (χ3v) is 2.46. The molecule has 9 heavy (non-hydrogen) atoms. The Kier molecular flexibility index (Phi) is 5.65. The lowest BCUT2D eigenvalue weighted by Crippen LogP contribution is -1.98. The van der Waals surface area contributed by atoms with Gasteiger partial charge in [0.1, 0.15) is 0 Å². The van der Waals surface area contributed by atoms with Crippen molar-refractivity contribution in [2.24, 2.45) is 0 Å². The quantitative estimate of drug-likeness (QED) is 0.357. The molecule has 2 radical (unpaired) electrons. The van der Waals surface area contributed by atoms with Crippen molar-refractivity contribution in [1.29, 1.82) is 0 Å². The first-order valence-corrected chi connectivity index (χ1v) is 4.93. The zero-order chi connectivity index (χ0) is 7.28. The maximum Gasteiger partial charge on any atom is 0.0932 e. The summed E-state index contributed by atoms with van der Waals surface area (Å²) in [6, 6.07) is 1.01. The van der Waals surface area contributed by atoms with E-state index in [9.17, 15) is 0 Å². The molecule has 3 heteroatoms.